The number of anilines is 1. The number of nitrogens with zero attached hydrogens (tertiary/aromatic N) is 1. The lowest BCUT2D eigenvalue weighted by molar-refractivity contribution is 0.159. The molecule has 1 aromatic rings. The van der Waals surface area contributed by atoms with E-state index >= 15 is 0 Å². The maximum atomic E-state index is 12.0. The normalized spacial score (nSPS) is 11.0. The number of ether oxygens (including phenoxy) is 1. The summed E-state index contributed by atoms with van der Waals surface area (Å²) in [6.07, 6.45) is 0.431. The van der Waals surface area contributed by atoms with Crippen LogP contribution in [0.15, 0.2) is 23.4 Å². The third-order valence-corrected chi connectivity index (χ3v) is 3.45. The Labute approximate surface area is 111 Å². The highest BCUT2D eigenvalue weighted by molar-refractivity contribution is 7.89. The maximum Gasteiger partial charge on any atom is 0.404 e. The number of carbonyl (C=O) groups excluding carboxylic acids is 1. The monoisotopic (exact) mass is 288 g/mol. The number of amides is 1. The van der Waals surface area contributed by atoms with Crippen molar-refractivity contribution in [3.63, 3.8) is 0 Å². The van der Waals surface area contributed by atoms with Gasteiger partial charge in [0.2, 0.25) is 0 Å². The zero-order valence-electron chi connectivity index (χ0n) is 10.4. The number of rotatable bonds is 7. The van der Waals surface area contributed by atoms with Gasteiger partial charge < -0.3 is 15.8 Å². The number of pyridine rings is 1. The number of carbonyl (C=O) groups is 1. The highest BCUT2D eigenvalue weighted by Gasteiger charge is 2.19. The van der Waals surface area contributed by atoms with Gasteiger partial charge in [0.25, 0.3) is 10.0 Å². The molecule has 4 N–H and O–H groups in total. The van der Waals surface area contributed by atoms with Crippen molar-refractivity contribution in [1.29, 1.82) is 0 Å². The fourth-order valence-corrected chi connectivity index (χ4v) is 2.44. The second-order valence-corrected chi connectivity index (χ2v) is 5.13. The minimum atomic E-state index is -3.77. The number of nitrogens with two attached hydrogens (primary N) is 1. The van der Waals surface area contributed by atoms with Crippen LogP contribution >= 0.6 is 0 Å². The van der Waals surface area contributed by atoms with Crippen molar-refractivity contribution < 1.29 is 17.9 Å². The molecule has 0 saturated carbocycles. The standard InChI is InChI=1S/C10H16N4O4S/c1-2-12-8-4-3-5-13-9(8)19(16,17)14-6-7-18-10(11)15/h3-5,12,14H,2,6-7H2,1H3,(H2,11,15). The van der Waals surface area contributed by atoms with Gasteiger partial charge in [0, 0.05) is 19.3 Å². The predicted molar refractivity (Wildman–Crippen MR) is 69.1 cm³/mol. The molecule has 0 unspecified atom stereocenters. The molecule has 0 bridgehead atoms. The first-order valence-electron chi connectivity index (χ1n) is 5.58. The number of aromatic nitrogens is 1. The molecular weight excluding hydrogens is 272 g/mol. The van der Waals surface area contributed by atoms with Gasteiger partial charge in [-0.3, -0.25) is 0 Å². The molecule has 0 fully saturated rings. The Morgan fingerprint density at radius 2 is 2.26 bits per heavy atom. The summed E-state index contributed by atoms with van der Waals surface area (Å²) < 4.78 is 30.7. The minimum Gasteiger partial charge on any atom is -0.448 e. The molecule has 9 heteroatoms. The summed E-state index contributed by atoms with van der Waals surface area (Å²) in [7, 11) is -3.77. The Hall–Kier alpha value is -1.87. The van der Waals surface area contributed by atoms with Gasteiger partial charge in [0.05, 0.1) is 5.69 Å². The summed E-state index contributed by atoms with van der Waals surface area (Å²) >= 11 is 0. The Morgan fingerprint density at radius 1 is 1.53 bits per heavy atom. The predicted octanol–water partition coefficient (Wildman–Crippen LogP) is -0.113. The fourth-order valence-electron chi connectivity index (χ4n) is 1.33. The summed E-state index contributed by atoms with van der Waals surface area (Å²) in [6, 6.07) is 3.25. The van der Waals surface area contributed by atoms with Gasteiger partial charge in [-0.15, -0.1) is 0 Å². The molecule has 0 aliphatic heterocycles. The third kappa shape index (κ3) is 4.72. The van der Waals surface area contributed by atoms with Crippen LogP contribution in [-0.4, -0.2) is 39.2 Å². The molecule has 106 valence electrons. The van der Waals surface area contributed by atoms with Crippen molar-refractivity contribution in [3.8, 4) is 0 Å². The summed E-state index contributed by atoms with van der Waals surface area (Å²) in [5.74, 6) is 0. The highest BCUT2D eigenvalue weighted by atomic mass is 32.2. The van der Waals surface area contributed by atoms with E-state index in [9.17, 15) is 13.2 Å². The molecule has 0 saturated heterocycles. The average Bonchev–Trinajstić information content (AvgIpc) is 2.35. The SMILES string of the molecule is CCNc1cccnc1S(=O)(=O)NCCOC(N)=O. The molecule has 1 rings (SSSR count). The molecule has 0 aromatic carbocycles. The molecule has 8 nitrogen and oxygen atoms in total. The Balaban J connectivity index is 2.74. The second kappa shape index (κ2) is 6.90. The fraction of sp³-hybridized carbons (Fsp3) is 0.400. The Morgan fingerprint density at radius 3 is 2.89 bits per heavy atom. The van der Waals surface area contributed by atoms with Gasteiger partial charge in [0.15, 0.2) is 5.03 Å². The molecule has 0 spiro atoms. The largest absolute Gasteiger partial charge is 0.448 e. The minimum absolute atomic E-state index is 0.0760. The number of nitrogens with one attached hydrogen (secondary N) is 2. The van der Waals surface area contributed by atoms with Crippen molar-refractivity contribution in [3.05, 3.63) is 18.3 Å². The molecule has 19 heavy (non-hydrogen) atoms. The summed E-state index contributed by atoms with van der Waals surface area (Å²) in [4.78, 5) is 14.2. The zero-order chi connectivity index (χ0) is 14.3. The van der Waals surface area contributed by atoms with E-state index in [1.807, 2.05) is 6.92 Å². The van der Waals surface area contributed by atoms with E-state index in [0.29, 0.717) is 12.2 Å². The first-order valence-corrected chi connectivity index (χ1v) is 7.06. The van der Waals surface area contributed by atoms with E-state index in [-0.39, 0.29) is 18.2 Å². The van der Waals surface area contributed by atoms with Gasteiger partial charge >= 0.3 is 6.09 Å². The molecule has 1 heterocycles. The van der Waals surface area contributed by atoms with E-state index in [4.69, 9.17) is 5.73 Å². The van der Waals surface area contributed by atoms with Crippen LogP contribution in [0.4, 0.5) is 10.5 Å². The van der Waals surface area contributed by atoms with Crippen molar-refractivity contribution in [2.24, 2.45) is 5.73 Å². The maximum absolute atomic E-state index is 12.0. The van der Waals surface area contributed by atoms with Crippen LogP contribution in [0.3, 0.4) is 0 Å². The van der Waals surface area contributed by atoms with Gasteiger partial charge in [-0.1, -0.05) is 0 Å². The summed E-state index contributed by atoms with van der Waals surface area (Å²) in [5, 5.41) is 2.80. The average molecular weight is 288 g/mol. The number of hydrogen-bond donors (Lipinski definition) is 3. The van der Waals surface area contributed by atoms with E-state index in [1.165, 1.54) is 6.20 Å². The van der Waals surface area contributed by atoms with Crippen LogP contribution in [0.1, 0.15) is 6.92 Å². The first kappa shape index (κ1) is 15.2. The second-order valence-electron chi connectivity index (χ2n) is 3.45. The van der Waals surface area contributed by atoms with E-state index < -0.39 is 16.1 Å². The quantitative estimate of drug-likeness (QED) is 0.601. The molecule has 0 aliphatic carbocycles. The van der Waals surface area contributed by atoms with Gasteiger partial charge in [-0.2, -0.15) is 0 Å². The van der Waals surface area contributed by atoms with Crippen LogP contribution < -0.4 is 15.8 Å². The van der Waals surface area contributed by atoms with Gasteiger partial charge in [-0.25, -0.2) is 22.9 Å². The Bertz CT molecular complexity index is 532. The summed E-state index contributed by atoms with van der Waals surface area (Å²) in [6.45, 7) is 2.20. The van der Waals surface area contributed by atoms with E-state index in [0.717, 1.165) is 0 Å². The number of primary amides is 1. The molecule has 1 aromatic heterocycles. The van der Waals surface area contributed by atoms with E-state index in [2.05, 4.69) is 19.8 Å². The van der Waals surface area contributed by atoms with Crippen molar-refractivity contribution >= 4 is 21.8 Å². The van der Waals surface area contributed by atoms with Crippen molar-refractivity contribution in [2.75, 3.05) is 25.0 Å². The van der Waals surface area contributed by atoms with Crippen LogP contribution in [0, 0.1) is 0 Å². The summed E-state index contributed by atoms with van der Waals surface area (Å²) in [5.41, 5.74) is 5.17. The van der Waals surface area contributed by atoms with Crippen molar-refractivity contribution in [1.82, 2.24) is 9.71 Å². The van der Waals surface area contributed by atoms with Crippen LogP contribution in [0.5, 0.6) is 0 Å². The number of sulfonamides is 1. The van der Waals surface area contributed by atoms with Crippen LogP contribution in [-0.2, 0) is 14.8 Å². The molecule has 0 atom stereocenters. The first-order chi connectivity index (χ1) is 8.97. The van der Waals surface area contributed by atoms with E-state index in [1.54, 1.807) is 12.1 Å². The molecular formula is C10H16N4O4S. The lowest BCUT2D eigenvalue weighted by atomic mass is 10.4. The van der Waals surface area contributed by atoms with Gasteiger partial charge in [-0.05, 0) is 19.1 Å². The highest BCUT2D eigenvalue weighted by Crippen LogP contribution is 2.17. The molecule has 0 radical (unpaired) electrons. The van der Waals surface area contributed by atoms with Gasteiger partial charge in [0.1, 0.15) is 6.61 Å². The van der Waals surface area contributed by atoms with Crippen LogP contribution in [0.2, 0.25) is 0 Å². The smallest absolute Gasteiger partial charge is 0.404 e. The Kier molecular flexibility index (Phi) is 5.52. The number of hydrogen-bond acceptors (Lipinski definition) is 6. The third-order valence-electron chi connectivity index (χ3n) is 2.03. The van der Waals surface area contributed by atoms with Crippen molar-refractivity contribution in [2.45, 2.75) is 11.9 Å². The molecule has 1 amide bonds. The zero-order valence-corrected chi connectivity index (χ0v) is 11.2. The molecule has 0 aliphatic rings. The van der Waals surface area contributed by atoms with Crippen LogP contribution in [0.25, 0.3) is 0 Å². The lowest BCUT2D eigenvalue weighted by Gasteiger charge is -2.10. The topological polar surface area (TPSA) is 123 Å². The lowest BCUT2D eigenvalue weighted by Crippen LogP contribution is -2.30.